The van der Waals surface area contributed by atoms with Crippen molar-refractivity contribution in [3.05, 3.63) is 69.2 Å². The van der Waals surface area contributed by atoms with Crippen molar-refractivity contribution >= 4 is 39.8 Å². The number of carbonyl (C=O) groups is 1. The Bertz CT molecular complexity index is 1050. The SMILES string of the molecule is C=CCn1c(=S)sc2c(=O)n(CC(=O)NOCc3ccccc3)cnc21. The second kappa shape index (κ2) is 8.17. The van der Waals surface area contributed by atoms with E-state index < -0.39 is 5.91 Å². The molecular weight excluding hydrogens is 372 g/mol. The summed E-state index contributed by atoms with van der Waals surface area (Å²) in [6.07, 6.45) is 3.02. The molecule has 0 unspecified atom stereocenters. The molecule has 3 aromatic rings. The van der Waals surface area contributed by atoms with Crippen LogP contribution in [0.3, 0.4) is 0 Å². The van der Waals surface area contributed by atoms with Gasteiger partial charge in [0.2, 0.25) is 0 Å². The second-order valence-electron chi connectivity index (χ2n) is 5.40. The lowest BCUT2D eigenvalue weighted by molar-refractivity contribution is -0.135. The lowest BCUT2D eigenvalue weighted by atomic mass is 10.2. The molecule has 0 atom stereocenters. The van der Waals surface area contributed by atoms with Crippen LogP contribution in [-0.2, 0) is 29.3 Å². The number of nitrogens with zero attached hydrogens (tertiary/aromatic N) is 3. The molecule has 9 heteroatoms. The van der Waals surface area contributed by atoms with E-state index in [9.17, 15) is 9.59 Å². The molecule has 1 aromatic carbocycles. The molecule has 0 radical (unpaired) electrons. The van der Waals surface area contributed by atoms with Gasteiger partial charge in [0, 0.05) is 6.54 Å². The summed E-state index contributed by atoms with van der Waals surface area (Å²) in [5.41, 5.74) is 3.45. The molecule has 0 saturated heterocycles. The van der Waals surface area contributed by atoms with Gasteiger partial charge in [-0.25, -0.2) is 10.5 Å². The zero-order valence-corrected chi connectivity index (χ0v) is 15.4. The molecule has 0 bridgehead atoms. The summed E-state index contributed by atoms with van der Waals surface area (Å²) < 4.78 is 3.92. The maximum absolute atomic E-state index is 12.6. The zero-order valence-electron chi connectivity index (χ0n) is 13.8. The van der Waals surface area contributed by atoms with Gasteiger partial charge in [-0.2, -0.15) is 0 Å². The molecule has 0 saturated carbocycles. The van der Waals surface area contributed by atoms with E-state index in [1.165, 1.54) is 22.2 Å². The molecule has 0 spiro atoms. The number of rotatable bonds is 7. The number of thiazole rings is 1. The number of hydroxylamine groups is 1. The van der Waals surface area contributed by atoms with Crippen molar-refractivity contribution in [3.63, 3.8) is 0 Å². The first-order chi connectivity index (χ1) is 12.6. The Kier molecular flexibility index (Phi) is 5.71. The predicted octanol–water partition coefficient (Wildman–Crippen LogP) is 2.42. The first-order valence-corrected chi connectivity index (χ1v) is 8.97. The molecule has 7 nitrogen and oxygen atoms in total. The Balaban J connectivity index is 1.69. The predicted molar refractivity (Wildman–Crippen MR) is 102 cm³/mol. The highest BCUT2D eigenvalue weighted by atomic mass is 32.1. The average molecular weight is 388 g/mol. The lowest BCUT2D eigenvalue weighted by Gasteiger charge is -2.08. The van der Waals surface area contributed by atoms with Crippen LogP contribution in [-0.4, -0.2) is 20.0 Å². The van der Waals surface area contributed by atoms with E-state index in [-0.39, 0.29) is 18.7 Å². The summed E-state index contributed by atoms with van der Waals surface area (Å²) >= 11 is 6.43. The number of aromatic nitrogens is 3. The van der Waals surface area contributed by atoms with Crippen molar-refractivity contribution in [2.45, 2.75) is 19.7 Å². The van der Waals surface area contributed by atoms with Gasteiger partial charge in [0.05, 0.1) is 6.61 Å². The lowest BCUT2D eigenvalue weighted by Crippen LogP contribution is -2.32. The number of allylic oxidation sites excluding steroid dienone is 1. The third-order valence-corrected chi connectivity index (χ3v) is 4.96. The third kappa shape index (κ3) is 3.96. The summed E-state index contributed by atoms with van der Waals surface area (Å²) in [4.78, 5) is 34.0. The Labute approximate surface area is 158 Å². The molecule has 1 amide bonds. The van der Waals surface area contributed by atoms with E-state index in [1.807, 2.05) is 30.3 Å². The normalized spacial score (nSPS) is 10.8. The van der Waals surface area contributed by atoms with Gasteiger partial charge in [-0.05, 0) is 17.8 Å². The fraction of sp³-hybridized carbons (Fsp3) is 0.176. The zero-order chi connectivity index (χ0) is 18.5. The van der Waals surface area contributed by atoms with Crippen LogP contribution in [0.5, 0.6) is 0 Å². The highest BCUT2D eigenvalue weighted by Gasteiger charge is 2.13. The van der Waals surface area contributed by atoms with Crippen LogP contribution in [0.15, 0.2) is 54.1 Å². The monoisotopic (exact) mass is 388 g/mol. The van der Waals surface area contributed by atoms with Crippen LogP contribution in [0.1, 0.15) is 5.56 Å². The molecule has 0 aliphatic heterocycles. The highest BCUT2D eigenvalue weighted by Crippen LogP contribution is 2.17. The van der Waals surface area contributed by atoms with Crippen LogP contribution >= 0.6 is 23.6 Å². The second-order valence-corrected chi connectivity index (χ2v) is 7.04. The Morgan fingerprint density at radius 1 is 1.38 bits per heavy atom. The van der Waals surface area contributed by atoms with Crippen molar-refractivity contribution in [1.29, 1.82) is 0 Å². The van der Waals surface area contributed by atoms with E-state index in [0.29, 0.717) is 20.8 Å². The van der Waals surface area contributed by atoms with E-state index in [4.69, 9.17) is 17.1 Å². The molecule has 2 heterocycles. The summed E-state index contributed by atoms with van der Waals surface area (Å²) in [5.74, 6) is -0.446. The Hall–Kier alpha value is -2.62. The standard InChI is InChI=1S/C17H16N4O3S2/c1-2-8-21-15-14(26-17(21)25)16(23)20(11-18-15)9-13(22)19-24-10-12-6-4-3-5-7-12/h2-7,11H,1,8-10H2,(H,19,22). The van der Waals surface area contributed by atoms with Crippen molar-refractivity contribution in [2.75, 3.05) is 0 Å². The fourth-order valence-electron chi connectivity index (χ4n) is 2.34. The molecule has 2 aromatic heterocycles. The van der Waals surface area contributed by atoms with Crippen LogP contribution in [0.4, 0.5) is 0 Å². The van der Waals surface area contributed by atoms with Crippen LogP contribution in [0.2, 0.25) is 0 Å². The number of carbonyl (C=O) groups excluding carboxylic acids is 1. The topological polar surface area (TPSA) is 78.2 Å². The van der Waals surface area contributed by atoms with Crippen molar-refractivity contribution in [3.8, 4) is 0 Å². The molecular formula is C17H16N4O3S2. The number of hydrogen-bond acceptors (Lipinski definition) is 6. The molecule has 26 heavy (non-hydrogen) atoms. The van der Waals surface area contributed by atoms with Crippen molar-refractivity contribution in [2.24, 2.45) is 0 Å². The Morgan fingerprint density at radius 3 is 2.88 bits per heavy atom. The maximum Gasteiger partial charge on any atom is 0.273 e. The van der Waals surface area contributed by atoms with E-state index in [1.54, 1.807) is 10.6 Å². The van der Waals surface area contributed by atoms with Gasteiger partial charge in [0.1, 0.15) is 17.6 Å². The minimum Gasteiger partial charge on any atom is -0.304 e. The van der Waals surface area contributed by atoms with Gasteiger partial charge in [0.15, 0.2) is 9.60 Å². The average Bonchev–Trinajstić information content (AvgIpc) is 2.95. The summed E-state index contributed by atoms with van der Waals surface area (Å²) in [7, 11) is 0. The quantitative estimate of drug-likeness (QED) is 0.382. The fourth-order valence-corrected chi connectivity index (χ4v) is 3.65. The molecule has 134 valence electrons. The molecule has 0 aliphatic carbocycles. The molecule has 3 rings (SSSR count). The Morgan fingerprint density at radius 2 is 2.15 bits per heavy atom. The minimum atomic E-state index is -0.446. The van der Waals surface area contributed by atoms with Crippen LogP contribution in [0, 0.1) is 3.95 Å². The number of fused-ring (bicyclic) bond motifs is 1. The number of amides is 1. The van der Waals surface area contributed by atoms with Gasteiger partial charge >= 0.3 is 0 Å². The summed E-state index contributed by atoms with van der Waals surface area (Å²) in [6.45, 7) is 4.20. The van der Waals surface area contributed by atoms with Gasteiger partial charge in [-0.15, -0.1) is 6.58 Å². The van der Waals surface area contributed by atoms with E-state index in [0.717, 1.165) is 5.56 Å². The third-order valence-electron chi connectivity index (χ3n) is 3.54. The summed E-state index contributed by atoms with van der Waals surface area (Å²) in [6, 6.07) is 9.43. The van der Waals surface area contributed by atoms with Gasteiger partial charge in [-0.1, -0.05) is 47.7 Å². The highest BCUT2D eigenvalue weighted by molar-refractivity contribution is 7.73. The van der Waals surface area contributed by atoms with Crippen molar-refractivity contribution < 1.29 is 9.63 Å². The maximum atomic E-state index is 12.6. The van der Waals surface area contributed by atoms with Gasteiger partial charge in [0.25, 0.3) is 11.5 Å². The van der Waals surface area contributed by atoms with Crippen LogP contribution in [0.25, 0.3) is 10.3 Å². The molecule has 1 N–H and O–H groups in total. The molecule has 0 aliphatic rings. The number of nitrogens with one attached hydrogen (secondary N) is 1. The number of benzene rings is 1. The van der Waals surface area contributed by atoms with Crippen LogP contribution < -0.4 is 11.0 Å². The number of hydrogen-bond donors (Lipinski definition) is 1. The summed E-state index contributed by atoms with van der Waals surface area (Å²) in [5, 5.41) is 0. The van der Waals surface area contributed by atoms with Crippen molar-refractivity contribution in [1.82, 2.24) is 19.6 Å². The van der Waals surface area contributed by atoms with Gasteiger partial charge in [-0.3, -0.25) is 19.0 Å². The smallest absolute Gasteiger partial charge is 0.273 e. The van der Waals surface area contributed by atoms with E-state index in [2.05, 4.69) is 17.0 Å². The minimum absolute atomic E-state index is 0.192. The first kappa shape index (κ1) is 18.2. The van der Waals surface area contributed by atoms with Gasteiger partial charge < -0.3 is 4.57 Å². The van der Waals surface area contributed by atoms with E-state index >= 15 is 0 Å². The molecule has 0 fully saturated rings. The largest absolute Gasteiger partial charge is 0.304 e. The first-order valence-electron chi connectivity index (χ1n) is 7.74.